The van der Waals surface area contributed by atoms with E-state index in [2.05, 4.69) is 31.3 Å². The molecule has 0 bridgehead atoms. The Morgan fingerprint density at radius 3 is 2.85 bits per heavy atom. The molecule has 0 saturated heterocycles. The zero-order valence-corrected chi connectivity index (χ0v) is 19.1. The van der Waals surface area contributed by atoms with E-state index >= 15 is 0 Å². The molecular weight excluding hydrogens is 460 g/mol. The number of benzene rings is 2. The quantitative estimate of drug-likeness (QED) is 0.290. The van der Waals surface area contributed by atoms with Crippen LogP contribution in [0.1, 0.15) is 24.1 Å². The highest BCUT2D eigenvalue weighted by molar-refractivity contribution is 7.78. The van der Waals surface area contributed by atoms with E-state index < -0.39 is 11.1 Å². The van der Waals surface area contributed by atoms with Gasteiger partial charge in [-0.3, -0.25) is 0 Å². The molecule has 3 N–H and O–H groups in total. The van der Waals surface area contributed by atoms with Crippen molar-refractivity contribution in [1.29, 1.82) is 0 Å². The highest BCUT2D eigenvalue weighted by atomic mass is 35.5. The first-order valence-electron chi connectivity index (χ1n) is 10.2. The largest absolute Gasteiger partial charge is 0.362 e. The van der Waals surface area contributed by atoms with Gasteiger partial charge >= 0.3 is 0 Å². The number of aromatic nitrogens is 5. The first-order chi connectivity index (χ1) is 16.0. The van der Waals surface area contributed by atoms with Gasteiger partial charge in [-0.25, -0.2) is 24.1 Å². The standard InChI is InChI=1S/C23H19ClN6O2S/c1-13(29-23-21-22(26-11-25-21)27-12-28-23)17-9-16-6-3-7-18(24)20(16)30-19(17)15-5-2-4-14(8-15)10-33(31)32/h2-9,11-13H,10H2,1H3,(H,31,32)(H2,25,26,27,28,29)/t13-/m0/s1. The molecule has 5 aromatic rings. The van der Waals surface area contributed by atoms with Crippen LogP contribution in [0.2, 0.25) is 5.02 Å². The number of pyridine rings is 1. The average Bonchev–Trinajstić information content (AvgIpc) is 3.28. The number of nitrogens with one attached hydrogen (secondary N) is 2. The highest BCUT2D eigenvalue weighted by Gasteiger charge is 2.18. The zero-order valence-electron chi connectivity index (χ0n) is 17.5. The molecule has 0 aliphatic heterocycles. The van der Waals surface area contributed by atoms with Crippen molar-refractivity contribution < 1.29 is 8.76 Å². The highest BCUT2D eigenvalue weighted by Crippen LogP contribution is 2.34. The SMILES string of the molecule is C[C@H](Nc1ncnc2nc[nH]c12)c1cc2cccc(Cl)c2nc1-c1cccc(CS(=O)O)c1. The summed E-state index contributed by atoms with van der Waals surface area (Å²) in [6.07, 6.45) is 3.05. The lowest BCUT2D eigenvalue weighted by atomic mass is 9.97. The molecule has 5 rings (SSSR count). The lowest BCUT2D eigenvalue weighted by molar-refractivity contribution is 0.563. The number of rotatable bonds is 6. The summed E-state index contributed by atoms with van der Waals surface area (Å²) in [6, 6.07) is 15.0. The van der Waals surface area contributed by atoms with Gasteiger partial charge in [0.1, 0.15) is 11.8 Å². The van der Waals surface area contributed by atoms with E-state index in [0.29, 0.717) is 22.0 Å². The number of hydrogen-bond acceptors (Lipinski definition) is 6. The smallest absolute Gasteiger partial charge is 0.182 e. The number of hydrogen-bond donors (Lipinski definition) is 3. The lowest BCUT2D eigenvalue weighted by Crippen LogP contribution is -2.11. The van der Waals surface area contributed by atoms with Gasteiger partial charge in [-0.1, -0.05) is 41.9 Å². The summed E-state index contributed by atoms with van der Waals surface area (Å²) in [5.41, 5.74) is 5.23. The van der Waals surface area contributed by atoms with E-state index in [-0.39, 0.29) is 11.8 Å². The van der Waals surface area contributed by atoms with Gasteiger partial charge in [-0.15, -0.1) is 0 Å². The van der Waals surface area contributed by atoms with Crippen molar-refractivity contribution in [3.05, 3.63) is 77.3 Å². The van der Waals surface area contributed by atoms with Crippen LogP contribution >= 0.6 is 11.6 Å². The number of para-hydroxylation sites is 1. The van der Waals surface area contributed by atoms with Gasteiger partial charge in [0.15, 0.2) is 22.5 Å². The number of halogens is 1. The normalized spacial score (nSPS) is 13.3. The van der Waals surface area contributed by atoms with Crippen LogP contribution in [0, 0.1) is 0 Å². The molecule has 0 radical (unpaired) electrons. The molecule has 0 fully saturated rings. The Labute approximate surface area is 196 Å². The van der Waals surface area contributed by atoms with Crippen molar-refractivity contribution in [2.24, 2.45) is 0 Å². The molecule has 1 unspecified atom stereocenters. The van der Waals surface area contributed by atoms with E-state index in [1.165, 1.54) is 6.33 Å². The second-order valence-corrected chi connectivity index (χ2v) is 8.93. The maximum absolute atomic E-state index is 11.3. The van der Waals surface area contributed by atoms with Crippen molar-refractivity contribution in [3.63, 3.8) is 0 Å². The van der Waals surface area contributed by atoms with Crippen molar-refractivity contribution in [2.75, 3.05) is 5.32 Å². The lowest BCUT2D eigenvalue weighted by Gasteiger charge is -2.20. The summed E-state index contributed by atoms with van der Waals surface area (Å²) in [5.74, 6) is 0.677. The van der Waals surface area contributed by atoms with Crippen molar-refractivity contribution in [2.45, 2.75) is 18.7 Å². The van der Waals surface area contributed by atoms with Gasteiger partial charge in [0, 0.05) is 16.5 Å². The maximum atomic E-state index is 11.3. The summed E-state index contributed by atoms with van der Waals surface area (Å²) in [5, 5.41) is 4.91. The fraction of sp³-hybridized carbons (Fsp3) is 0.130. The summed E-state index contributed by atoms with van der Waals surface area (Å²) in [6.45, 7) is 2.02. The summed E-state index contributed by atoms with van der Waals surface area (Å²) in [7, 11) is 0. The predicted molar refractivity (Wildman–Crippen MR) is 130 cm³/mol. The fourth-order valence-electron chi connectivity index (χ4n) is 3.85. The predicted octanol–water partition coefficient (Wildman–Crippen LogP) is 5.12. The molecular formula is C23H19ClN6O2S. The second kappa shape index (κ2) is 8.86. The Bertz CT molecular complexity index is 1510. The van der Waals surface area contributed by atoms with Crippen LogP contribution in [-0.2, 0) is 16.8 Å². The number of nitrogens with zero attached hydrogens (tertiary/aromatic N) is 4. The molecule has 0 spiro atoms. The molecule has 0 aliphatic carbocycles. The van der Waals surface area contributed by atoms with Crippen LogP contribution in [0.4, 0.5) is 5.82 Å². The molecule has 166 valence electrons. The average molecular weight is 479 g/mol. The molecule has 3 aromatic heterocycles. The zero-order chi connectivity index (χ0) is 22.9. The van der Waals surface area contributed by atoms with Gasteiger partial charge in [-0.2, -0.15) is 0 Å². The van der Waals surface area contributed by atoms with Crippen LogP contribution in [0.25, 0.3) is 33.3 Å². The van der Waals surface area contributed by atoms with Crippen molar-refractivity contribution in [1.82, 2.24) is 24.9 Å². The molecule has 2 aromatic carbocycles. The van der Waals surface area contributed by atoms with Crippen molar-refractivity contribution in [3.8, 4) is 11.3 Å². The van der Waals surface area contributed by atoms with Crippen LogP contribution in [-0.4, -0.2) is 33.7 Å². The van der Waals surface area contributed by atoms with E-state index in [0.717, 1.165) is 33.3 Å². The Morgan fingerprint density at radius 1 is 1.15 bits per heavy atom. The van der Waals surface area contributed by atoms with Gasteiger partial charge < -0.3 is 14.9 Å². The third kappa shape index (κ3) is 4.30. The van der Waals surface area contributed by atoms with Gasteiger partial charge in [0.2, 0.25) is 0 Å². The van der Waals surface area contributed by atoms with Crippen LogP contribution in [0.5, 0.6) is 0 Å². The van der Waals surface area contributed by atoms with Gasteiger partial charge in [0.05, 0.1) is 34.4 Å². The Morgan fingerprint density at radius 2 is 2.00 bits per heavy atom. The number of aromatic amines is 1. The molecule has 8 nitrogen and oxygen atoms in total. The third-order valence-electron chi connectivity index (χ3n) is 5.36. The molecule has 2 atom stereocenters. The third-order valence-corrected chi connectivity index (χ3v) is 6.24. The van der Waals surface area contributed by atoms with Gasteiger partial charge in [-0.05, 0) is 30.7 Å². The Kier molecular flexibility index (Phi) is 5.76. The van der Waals surface area contributed by atoms with Gasteiger partial charge in [0.25, 0.3) is 0 Å². The number of H-pyrrole nitrogens is 1. The first kappa shape index (κ1) is 21.4. The topological polar surface area (TPSA) is 117 Å². The molecule has 3 heterocycles. The minimum absolute atomic E-state index is 0.0457. The van der Waals surface area contributed by atoms with E-state index in [1.54, 1.807) is 6.33 Å². The first-order valence-corrected chi connectivity index (χ1v) is 11.8. The monoisotopic (exact) mass is 478 g/mol. The minimum atomic E-state index is -1.93. The minimum Gasteiger partial charge on any atom is -0.362 e. The number of anilines is 1. The van der Waals surface area contributed by atoms with Crippen LogP contribution in [0.15, 0.2) is 61.2 Å². The second-order valence-electron chi connectivity index (χ2n) is 7.59. The maximum Gasteiger partial charge on any atom is 0.182 e. The number of fused-ring (bicyclic) bond motifs is 2. The van der Waals surface area contributed by atoms with E-state index in [4.69, 9.17) is 16.6 Å². The van der Waals surface area contributed by atoms with Crippen molar-refractivity contribution >= 4 is 50.6 Å². The van der Waals surface area contributed by atoms with E-state index in [1.807, 2.05) is 49.4 Å². The van der Waals surface area contributed by atoms with E-state index in [9.17, 15) is 8.76 Å². The molecule has 33 heavy (non-hydrogen) atoms. The summed E-state index contributed by atoms with van der Waals surface area (Å²) in [4.78, 5) is 20.7. The Balaban J connectivity index is 1.64. The molecule has 10 heteroatoms. The summed E-state index contributed by atoms with van der Waals surface area (Å²) >= 11 is 4.52. The molecule has 0 aliphatic rings. The number of imidazole rings is 1. The molecule has 0 amide bonds. The van der Waals surface area contributed by atoms with Crippen LogP contribution in [0.3, 0.4) is 0 Å². The fourth-order valence-corrected chi connectivity index (χ4v) is 4.54. The summed E-state index contributed by atoms with van der Waals surface area (Å²) < 4.78 is 20.7. The van der Waals surface area contributed by atoms with Crippen LogP contribution < -0.4 is 5.32 Å². The molecule has 0 saturated carbocycles. The Hall–Kier alpha value is -3.40.